The monoisotopic (exact) mass is 387 g/mol. The molecular formula is C24H25N3O2. The summed E-state index contributed by atoms with van der Waals surface area (Å²) in [5.74, 6) is -0.308. The van der Waals surface area contributed by atoms with E-state index in [0.717, 1.165) is 38.0 Å². The highest BCUT2D eigenvalue weighted by atomic mass is 16.2. The van der Waals surface area contributed by atoms with E-state index in [1.807, 2.05) is 48.5 Å². The van der Waals surface area contributed by atoms with Crippen molar-refractivity contribution < 1.29 is 4.79 Å². The predicted molar refractivity (Wildman–Crippen MR) is 115 cm³/mol. The van der Waals surface area contributed by atoms with Crippen molar-refractivity contribution in [1.29, 1.82) is 0 Å². The van der Waals surface area contributed by atoms with Crippen LogP contribution in [-0.4, -0.2) is 34.9 Å². The summed E-state index contributed by atoms with van der Waals surface area (Å²) in [6.07, 6.45) is 1.96. The molecule has 2 N–H and O–H groups in total. The molecule has 1 unspecified atom stereocenters. The Hall–Kier alpha value is -3.18. The van der Waals surface area contributed by atoms with Gasteiger partial charge in [-0.3, -0.25) is 14.5 Å². The Balaban J connectivity index is 1.40. The number of hydrogen-bond donors (Lipinski definition) is 2. The van der Waals surface area contributed by atoms with E-state index in [9.17, 15) is 9.59 Å². The Kier molecular flexibility index (Phi) is 5.86. The first-order valence-electron chi connectivity index (χ1n) is 10.0. The third-order valence-corrected chi connectivity index (χ3v) is 5.33. The normalized spacial score (nSPS) is 17.0. The highest BCUT2D eigenvalue weighted by Crippen LogP contribution is 2.16. The van der Waals surface area contributed by atoms with E-state index in [1.54, 1.807) is 12.1 Å². The quantitative estimate of drug-likeness (QED) is 0.705. The van der Waals surface area contributed by atoms with Crippen LogP contribution in [0.4, 0.5) is 0 Å². The van der Waals surface area contributed by atoms with Crippen molar-refractivity contribution in [2.24, 2.45) is 0 Å². The fourth-order valence-corrected chi connectivity index (χ4v) is 3.86. The second kappa shape index (κ2) is 8.88. The van der Waals surface area contributed by atoms with Crippen LogP contribution in [0.5, 0.6) is 0 Å². The highest BCUT2D eigenvalue weighted by molar-refractivity contribution is 5.94. The molecule has 5 heteroatoms. The van der Waals surface area contributed by atoms with Crippen LogP contribution in [0.25, 0.3) is 11.3 Å². The Morgan fingerprint density at radius 3 is 2.45 bits per heavy atom. The van der Waals surface area contributed by atoms with Crippen molar-refractivity contribution in [3.8, 4) is 11.3 Å². The zero-order valence-corrected chi connectivity index (χ0v) is 16.3. The number of likely N-dealkylation sites (tertiary alicyclic amines) is 1. The summed E-state index contributed by atoms with van der Waals surface area (Å²) in [5, 5.41) is 3.05. The lowest BCUT2D eigenvalue weighted by atomic mass is 10.0. The van der Waals surface area contributed by atoms with Crippen molar-refractivity contribution >= 4 is 5.91 Å². The number of piperidine rings is 1. The molecule has 1 atom stereocenters. The van der Waals surface area contributed by atoms with Gasteiger partial charge in [0.1, 0.15) is 5.56 Å². The van der Waals surface area contributed by atoms with Crippen molar-refractivity contribution in [2.75, 3.05) is 13.1 Å². The molecule has 1 aromatic heterocycles. The van der Waals surface area contributed by atoms with Crippen LogP contribution in [0, 0.1) is 0 Å². The molecule has 0 aliphatic carbocycles. The highest BCUT2D eigenvalue weighted by Gasteiger charge is 2.23. The molecule has 1 aliphatic rings. The first-order chi connectivity index (χ1) is 14.2. The molecule has 0 spiro atoms. The number of pyridine rings is 1. The number of rotatable bonds is 5. The molecule has 0 bridgehead atoms. The van der Waals surface area contributed by atoms with Gasteiger partial charge in [0, 0.05) is 24.8 Å². The molecule has 2 aromatic carbocycles. The number of nitrogens with one attached hydrogen (secondary N) is 2. The van der Waals surface area contributed by atoms with Crippen LogP contribution >= 0.6 is 0 Å². The fraction of sp³-hybridized carbons (Fsp3) is 0.250. The van der Waals surface area contributed by atoms with E-state index < -0.39 is 0 Å². The summed E-state index contributed by atoms with van der Waals surface area (Å²) in [7, 11) is 0. The van der Waals surface area contributed by atoms with Crippen LogP contribution in [0.15, 0.2) is 77.6 Å². The van der Waals surface area contributed by atoms with Crippen LogP contribution in [0.3, 0.4) is 0 Å². The molecule has 3 aromatic rings. The standard InChI is InChI=1S/C24H25N3O2/c28-23(21-13-14-22(26-24(21)29)19-10-5-2-6-11-19)25-20-12-7-15-27(17-20)16-18-8-3-1-4-9-18/h1-6,8-11,13-14,20H,7,12,15-17H2,(H,25,28)(H,26,29). The van der Waals surface area contributed by atoms with Gasteiger partial charge in [-0.25, -0.2) is 0 Å². The van der Waals surface area contributed by atoms with E-state index in [-0.39, 0.29) is 23.1 Å². The van der Waals surface area contributed by atoms with Gasteiger partial charge in [-0.15, -0.1) is 0 Å². The summed E-state index contributed by atoms with van der Waals surface area (Å²) in [5.41, 5.74) is 2.69. The Labute approximate surface area is 170 Å². The largest absolute Gasteiger partial charge is 0.348 e. The maximum atomic E-state index is 12.7. The topological polar surface area (TPSA) is 65.2 Å². The van der Waals surface area contributed by atoms with E-state index in [2.05, 4.69) is 27.3 Å². The fourth-order valence-electron chi connectivity index (χ4n) is 3.86. The minimum Gasteiger partial charge on any atom is -0.348 e. The molecule has 1 aliphatic heterocycles. The molecule has 0 radical (unpaired) electrons. The van der Waals surface area contributed by atoms with Gasteiger partial charge in [0.05, 0.1) is 0 Å². The minimum absolute atomic E-state index is 0.0492. The van der Waals surface area contributed by atoms with Gasteiger partial charge in [-0.1, -0.05) is 60.7 Å². The summed E-state index contributed by atoms with van der Waals surface area (Å²) in [6.45, 7) is 2.69. The number of carbonyl (C=O) groups excluding carboxylic acids is 1. The number of amides is 1. The van der Waals surface area contributed by atoms with Crippen molar-refractivity contribution in [3.05, 3.63) is 94.3 Å². The van der Waals surface area contributed by atoms with Gasteiger partial charge >= 0.3 is 0 Å². The molecule has 2 heterocycles. The molecule has 29 heavy (non-hydrogen) atoms. The molecule has 1 fully saturated rings. The zero-order chi connectivity index (χ0) is 20.1. The van der Waals surface area contributed by atoms with Crippen LogP contribution < -0.4 is 10.9 Å². The van der Waals surface area contributed by atoms with Crippen molar-refractivity contribution in [1.82, 2.24) is 15.2 Å². The van der Waals surface area contributed by atoms with Gasteiger partial charge in [0.25, 0.3) is 11.5 Å². The van der Waals surface area contributed by atoms with Crippen LogP contribution in [0.1, 0.15) is 28.8 Å². The molecule has 1 amide bonds. The minimum atomic E-state index is -0.360. The van der Waals surface area contributed by atoms with Gasteiger partial charge in [-0.05, 0) is 42.6 Å². The average Bonchev–Trinajstić information content (AvgIpc) is 2.75. The molecule has 4 rings (SSSR count). The lowest BCUT2D eigenvalue weighted by molar-refractivity contribution is 0.0899. The van der Waals surface area contributed by atoms with Gasteiger partial charge in [0.2, 0.25) is 0 Å². The number of nitrogens with zero attached hydrogens (tertiary/aromatic N) is 1. The van der Waals surface area contributed by atoms with Crippen LogP contribution in [0.2, 0.25) is 0 Å². The maximum absolute atomic E-state index is 12.7. The Morgan fingerprint density at radius 2 is 1.72 bits per heavy atom. The Morgan fingerprint density at radius 1 is 1.00 bits per heavy atom. The van der Waals surface area contributed by atoms with Crippen LogP contribution in [-0.2, 0) is 6.54 Å². The van der Waals surface area contributed by atoms with Crippen molar-refractivity contribution in [2.45, 2.75) is 25.4 Å². The second-order valence-corrected chi connectivity index (χ2v) is 7.51. The molecular weight excluding hydrogens is 362 g/mol. The molecule has 1 saturated heterocycles. The van der Waals surface area contributed by atoms with Crippen molar-refractivity contribution in [3.63, 3.8) is 0 Å². The maximum Gasteiger partial charge on any atom is 0.261 e. The lowest BCUT2D eigenvalue weighted by Crippen LogP contribution is -2.48. The first kappa shape index (κ1) is 19.2. The Bertz CT molecular complexity index is 1020. The number of aromatic nitrogens is 1. The average molecular weight is 387 g/mol. The molecule has 5 nitrogen and oxygen atoms in total. The summed E-state index contributed by atoms with van der Waals surface area (Å²) in [6, 6.07) is 23.4. The van der Waals surface area contributed by atoms with E-state index in [1.165, 1.54) is 5.56 Å². The summed E-state index contributed by atoms with van der Waals surface area (Å²) >= 11 is 0. The first-order valence-corrected chi connectivity index (χ1v) is 10.0. The smallest absolute Gasteiger partial charge is 0.261 e. The lowest BCUT2D eigenvalue weighted by Gasteiger charge is -2.33. The second-order valence-electron chi connectivity index (χ2n) is 7.51. The van der Waals surface area contributed by atoms with Gasteiger partial charge in [0.15, 0.2) is 0 Å². The van der Waals surface area contributed by atoms with E-state index in [0.29, 0.717) is 5.69 Å². The number of benzene rings is 2. The van der Waals surface area contributed by atoms with E-state index in [4.69, 9.17) is 0 Å². The molecule has 0 saturated carbocycles. The SMILES string of the molecule is O=C(NC1CCCN(Cc2ccccc2)C1)c1ccc(-c2ccccc2)[nH]c1=O. The number of hydrogen-bond acceptors (Lipinski definition) is 3. The summed E-state index contributed by atoms with van der Waals surface area (Å²) in [4.78, 5) is 30.4. The molecule has 148 valence electrons. The van der Waals surface area contributed by atoms with Gasteiger partial charge < -0.3 is 10.3 Å². The summed E-state index contributed by atoms with van der Waals surface area (Å²) < 4.78 is 0. The third kappa shape index (κ3) is 4.81. The third-order valence-electron chi connectivity index (χ3n) is 5.33. The zero-order valence-electron chi connectivity index (χ0n) is 16.3. The predicted octanol–water partition coefficient (Wildman–Crippen LogP) is 3.44. The van der Waals surface area contributed by atoms with Gasteiger partial charge in [-0.2, -0.15) is 0 Å². The number of aromatic amines is 1. The van der Waals surface area contributed by atoms with E-state index >= 15 is 0 Å². The number of H-pyrrole nitrogens is 1. The number of carbonyl (C=O) groups is 1.